The molecule has 0 fully saturated rings. The van der Waals surface area contributed by atoms with Gasteiger partial charge in [0.15, 0.2) is 5.78 Å². The van der Waals surface area contributed by atoms with E-state index in [1.165, 1.54) is 35.9 Å². The number of nitrogens with zero attached hydrogens (tertiary/aromatic N) is 2. The van der Waals surface area contributed by atoms with Gasteiger partial charge in [-0.05, 0) is 60.5 Å². The van der Waals surface area contributed by atoms with Gasteiger partial charge in [0.05, 0.1) is 42.5 Å². The number of carbonyl (C=O) groups is 2. The Morgan fingerprint density at radius 3 is 2.63 bits per heavy atom. The number of halogens is 1. The van der Waals surface area contributed by atoms with E-state index in [0.29, 0.717) is 44.7 Å². The van der Waals surface area contributed by atoms with Crippen molar-refractivity contribution in [2.45, 2.75) is 38.5 Å². The van der Waals surface area contributed by atoms with Gasteiger partial charge in [0, 0.05) is 22.1 Å². The highest BCUT2D eigenvalue weighted by molar-refractivity contribution is 6.18. The first kappa shape index (κ1) is 24.0. The van der Waals surface area contributed by atoms with Crippen LogP contribution in [0.4, 0.5) is 4.39 Å². The summed E-state index contributed by atoms with van der Waals surface area (Å²) in [6, 6.07) is 12.1. The molecule has 2 aliphatic rings. The molecule has 0 saturated heterocycles. The average molecular weight is 515 g/mol. The van der Waals surface area contributed by atoms with Gasteiger partial charge >= 0.3 is 5.97 Å². The van der Waals surface area contributed by atoms with Gasteiger partial charge in [0.1, 0.15) is 23.8 Å². The van der Waals surface area contributed by atoms with Crippen molar-refractivity contribution in [3.8, 4) is 17.1 Å². The highest BCUT2D eigenvalue weighted by Crippen LogP contribution is 2.41. The number of cyclic esters (lactones) is 1. The van der Waals surface area contributed by atoms with Gasteiger partial charge in [-0.1, -0.05) is 6.92 Å². The second-order valence-corrected chi connectivity index (χ2v) is 9.57. The zero-order valence-electron chi connectivity index (χ0n) is 20.7. The predicted molar refractivity (Wildman–Crippen MR) is 136 cm³/mol. The normalized spacial score (nSPS) is 17.8. The number of methoxy groups -OCH3 is 1. The summed E-state index contributed by atoms with van der Waals surface area (Å²) < 4.78 is 25.7. The van der Waals surface area contributed by atoms with Gasteiger partial charge in [-0.25, -0.2) is 9.37 Å². The van der Waals surface area contributed by atoms with Crippen LogP contribution in [-0.2, 0) is 28.3 Å². The number of pyridine rings is 2. The summed E-state index contributed by atoms with van der Waals surface area (Å²) in [6.07, 6.45) is -0.0738. The molecule has 9 heteroatoms. The predicted octanol–water partition coefficient (Wildman–Crippen LogP) is 3.85. The summed E-state index contributed by atoms with van der Waals surface area (Å²) >= 11 is 0. The van der Waals surface area contributed by atoms with Crippen LogP contribution in [0.2, 0.25) is 0 Å². The maximum Gasteiger partial charge on any atom is 0.309 e. The molecule has 192 valence electrons. The lowest BCUT2D eigenvalue weighted by Gasteiger charge is -2.26. The molecule has 0 radical (unpaired) electrons. The number of benzene rings is 2. The lowest BCUT2D eigenvalue weighted by atomic mass is 9.85. The Hall–Kier alpha value is -4.37. The molecule has 1 unspecified atom stereocenters. The molecule has 2 aromatic heterocycles. The lowest BCUT2D eigenvalue weighted by Crippen LogP contribution is -2.32. The first-order chi connectivity index (χ1) is 18.2. The van der Waals surface area contributed by atoms with E-state index in [2.05, 4.69) is 0 Å². The first-order valence-electron chi connectivity index (χ1n) is 12.2. The van der Waals surface area contributed by atoms with Crippen LogP contribution in [0, 0.1) is 5.82 Å². The maximum absolute atomic E-state index is 13.9. The Kier molecular flexibility index (Phi) is 5.43. The van der Waals surface area contributed by atoms with Crippen LogP contribution in [-0.4, -0.2) is 33.5 Å². The van der Waals surface area contributed by atoms with E-state index in [4.69, 9.17) is 14.5 Å². The smallest absolute Gasteiger partial charge is 0.309 e. The first-order valence-corrected chi connectivity index (χ1v) is 12.2. The van der Waals surface area contributed by atoms with Crippen LogP contribution in [0.3, 0.4) is 0 Å². The van der Waals surface area contributed by atoms with Gasteiger partial charge in [0.2, 0.25) is 0 Å². The number of hydrogen-bond donors (Lipinski definition) is 1. The van der Waals surface area contributed by atoms with Crippen LogP contribution in [0.25, 0.3) is 22.3 Å². The number of rotatable bonds is 4. The van der Waals surface area contributed by atoms with Gasteiger partial charge < -0.3 is 19.1 Å². The fourth-order valence-electron chi connectivity index (χ4n) is 5.39. The third-order valence-corrected chi connectivity index (χ3v) is 7.49. The minimum atomic E-state index is -1.57. The molecule has 0 spiro atoms. The summed E-state index contributed by atoms with van der Waals surface area (Å²) in [5, 5.41) is 11.9. The van der Waals surface area contributed by atoms with Gasteiger partial charge in [-0.3, -0.25) is 14.4 Å². The molecule has 6 rings (SSSR count). The Labute approximate surface area is 216 Å². The van der Waals surface area contributed by atoms with Crippen molar-refractivity contribution in [1.82, 2.24) is 9.55 Å². The molecule has 4 heterocycles. The van der Waals surface area contributed by atoms with Crippen molar-refractivity contribution in [2.75, 3.05) is 7.11 Å². The quantitative estimate of drug-likeness (QED) is 0.287. The molecule has 1 N–H and O–H groups in total. The van der Waals surface area contributed by atoms with Gasteiger partial charge in [0.25, 0.3) is 5.56 Å². The average Bonchev–Trinajstić information content (AvgIpc) is 3.22. The third-order valence-electron chi connectivity index (χ3n) is 7.49. The van der Waals surface area contributed by atoms with Crippen LogP contribution in [0.15, 0.2) is 53.3 Å². The highest BCUT2D eigenvalue weighted by Gasteiger charge is 2.40. The van der Waals surface area contributed by atoms with E-state index in [9.17, 15) is 23.9 Å². The van der Waals surface area contributed by atoms with Crippen molar-refractivity contribution >= 4 is 22.7 Å². The van der Waals surface area contributed by atoms with Crippen LogP contribution < -0.4 is 10.3 Å². The molecule has 0 saturated carbocycles. The standard InChI is InChI=1S/C29H23FN2O6/c1-3-29(36)12-24(33)38-14-20-21(29)11-23-26-19(13-32(23)28(20)35)25(27(34)15-4-6-16(30)7-5-15)18-10-17(37-2)8-9-22(18)31-26/h4-11,36H,3,12-14H2,1-2H3. The van der Waals surface area contributed by atoms with Gasteiger partial charge in [-0.15, -0.1) is 0 Å². The third kappa shape index (κ3) is 3.53. The minimum Gasteiger partial charge on any atom is -0.497 e. The fourth-order valence-corrected chi connectivity index (χ4v) is 5.39. The number of ether oxygens (including phenoxy) is 2. The largest absolute Gasteiger partial charge is 0.497 e. The molecular formula is C29H23FN2O6. The van der Waals surface area contributed by atoms with Crippen molar-refractivity contribution < 1.29 is 28.6 Å². The number of esters is 1. The summed E-state index contributed by atoms with van der Waals surface area (Å²) in [5.74, 6) is -0.858. The second-order valence-electron chi connectivity index (χ2n) is 9.57. The SMILES string of the molecule is CCC1(O)CC(=O)OCc2c1cc1n(c2=O)Cc2c-1nc1ccc(OC)cc1c2C(=O)c1ccc(F)cc1. The minimum absolute atomic E-state index is 0.0533. The summed E-state index contributed by atoms with van der Waals surface area (Å²) in [7, 11) is 1.52. The molecule has 0 bridgehead atoms. The number of aromatic nitrogens is 2. The molecule has 1 atom stereocenters. The Balaban J connectivity index is 1.64. The van der Waals surface area contributed by atoms with E-state index >= 15 is 0 Å². The van der Waals surface area contributed by atoms with Gasteiger partial charge in [-0.2, -0.15) is 0 Å². The molecule has 0 aliphatic carbocycles. The zero-order chi connectivity index (χ0) is 26.8. The monoisotopic (exact) mass is 514 g/mol. The summed E-state index contributed by atoms with van der Waals surface area (Å²) in [6.45, 7) is 1.54. The number of carbonyl (C=O) groups excluding carboxylic acids is 2. The summed E-state index contributed by atoms with van der Waals surface area (Å²) in [4.78, 5) is 44.6. The molecule has 8 nitrogen and oxygen atoms in total. The second kappa shape index (κ2) is 8.59. The maximum atomic E-state index is 13.9. The van der Waals surface area contributed by atoms with Crippen LogP contribution >= 0.6 is 0 Å². The molecule has 4 aromatic rings. The molecule has 38 heavy (non-hydrogen) atoms. The number of aliphatic hydroxyl groups is 1. The highest BCUT2D eigenvalue weighted by atomic mass is 19.1. The van der Waals surface area contributed by atoms with Crippen LogP contribution in [0.1, 0.15) is 52.4 Å². The van der Waals surface area contributed by atoms with Crippen molar-refractivity contribution in [2.24, 2.45) is 0 Å². The molecule has 2 aromatic carbocycles. The molecular weight excluding hydrogens is 491 g/mol. The van der Waals surface area contributed by atoms with E-state index in [1.807, 2.05) is 0 Å². The summed E-state index contributed by atoms with van der Waals surface area (Å²) in [5.41, 5.74) is 1.09. The number of ketones is 1. The Morgan fingerprint density at radius 2 is 1.92 bits per heavy atom. The fraction of sp³-hybridized carbons (Fsp3) is 0.241. The Morgan fingerprint density at radius 1 is 1.16 bits per heavy atom. The topological polar surface area (TPSA) is 108 Å². The van der Waals surface area contributed by atoms with E-state index in [0.717, 1.165) is 0 Å². The van der Waals surface area contributed by atoms with Crippen molar-refractivity contribution in [3.63, 3.8) is 0 Å². The van der Waals surface area contributed by atoms with Crippen LogP contribution in [0.5, 0.6) is 5.75 Å². The van der Waals surface area contributed by atoms with E-state index in [1.54, 1.807) is 31.2 Å². The lowest BCUT2D eigenvalue weighted by molar-refractivity contribution is -0.149. The number of fused-ring (bicyclic) bond motifs is 5. The van der Waals surface area contributed by atoms with E-state index < -0.39 is 22.9 Å². The molecule has 0 amide bonds. The van der Waals surface area contributed by atoms with E-state index in [-0.39, 0.29) is 42.9 Å². The Bertz CT molecular complexity index is 1730. The molecule has 2 aliphatic heterocycles. The van der Waals surface area contributed by atoms with Crippen molar-refractivity contribution in [1.29, 1.82) is 0 Å². The van der Waals surface area contributed by atoms with Crippen molar-refractivity contribution in [3.05, 3.63) is 92.5 Å². The zero-order valence-corrected chi connectivity index (χ0v) is 20.7. The number of hydrogen-bond acceptors (Lipinski definition) is 7.